The molecule has 1 aromatic rings. The van der Waals surface area contributed by atoms with Gasteiger partial charge in [0.15, 0.2) is 0 Å². The van der Waals surface area contributed by atoms with Crippen LogP contribution in [0.3, 0.4) is 0 Å². The van der Waals surface area contributed by atoms with Gasteiger partial charge in [0.25, 0.3) is 0 Å². The molecule has 2 unspecified atom stereocenters. The number of rotatable bonds is 7. The predicted octanol–water partition coefficient (Wildman–Crippen LogP) is 2.48. The molecule has 1 aliphatic carbocycles. The predicted molar refractivity (Wildman–Crippen MR) is 117 cm³/mol. The number of piperazine rings is 1. The van der Waals surface area contributed by atoms with Gasteiger partial charge in [-0.2, -0.15) is 0 Å². The van der Waals surface area contributed by atoms with Crippen molar-refractivity contribution in [1.29, 1.82) is 0 Å². The van der Waals surface area contributed by atoms with Crippen LogP contribution in [0.25, 0.3) is 0 Å². The molecule has 0 aromatic heterocycles. The van der Waals surface area contributed by atoms with Crippen LogP contribution < -0.4 is 0 Å². The summed E-state index contributed by atoms with van der Waals surface area (Å²) in [5.41, 5.74) is 1.18. The maximum Gasteiger partial charge on any atom is 0.410 e. The molecule has 0 radical (unpaired) electrons. The highest BCUT2D eigenvalue weighted by atomic mass is 16.6. The molecule has 4 rings (SSSR count). The van der Waals surface area contributed by atoms with Gasteiger partial charge in [0.05, 0.1) is 6.10 Å². The van der Waals surface area contributed by atoms with E-state index in [0.717, 1.165) is 51.0 Å². The average Bonchev–Trinajstić information content (AvgIpc) is 3.56. The topological polar surface area (TPSA) is 73.3 Å². The SMILES string of the molecule is CC1C(=O)N(CCCCN2CCC3(CC3)C(O)C2)CCN1C(=O)OCc1ccccc1. The molecule has 2 aliphatic heterocycles. The number of nitrogens with zero attached hydrogens (tertiary/aromatic N) is 3. The lowest BCUT2D eigenvalue weighted by molar-refractivity contribution is -0.140. The van der Waals surface area contributed by atoms with Gasteiger partial charge in [-0.05, 0) is 63.1 Å². The molecule has 0 bridgehead atoms. The number of carbonyl (C=O) groups excluding carboxylic acids is 2. The quantitative estimate of drug-likeness (QED) is 0.674. The molecule has 1 spiro atoms. The minimum absolute atomic E-state index is 0.00742. The van der Waals surface area contributed by atoms with E-state index >= 15 is 0 Å². The first-order valence-electron chi connectivity index (χ1n) is 11.6. The normalized spacial score (nSPS) is 25.7. The van der Waals surface area contributed by atoms with Crippen molar-refractivity contribution in [2.24, 2.45) is 5.41 Å². The Morgan fingerprint density at radius 3 is 2.55 bits per heavy atom. The maximum atomic E-state index is 12.8. The number of hydrogen-bond donors (Lipinski definition) is 1. The highest BCUT2D eigenvalue weighted by molar-refractivity contribution is 5.86. The Hall–Kier alpha value is -2.12. The van der Waals surface area contributed by atoms with Gasteiger partial charge in [-0.1, -0.05) is 30.3 Å². The highest BCUT2D eigenvalue weighted by Crippen LogP contribution is 2.53. The Bertz CT molecular complexity index is 767. The molecule has 2 saturated heterocycles. The molecule has 2 atom stereocenters. The van der Waals surface area contributed by atoms with E-state index < -0.39 is 12.1 Å². The van der Waals surface area contributed by atoms with Gasteiger partial charge < -0.3 is 19.6 Å². The van der Waals surface area contributed by atoms with Crippen molar-refractivity contribution < 1.29 is 19.4 Å². The van der Waals surface area contributed by atoms with E-state index in [4.69, 9.17) is 4.74 Å². The minimum atomic E-state index is -0.496. The number of β-amino-alcohol motifs (C(OH)–C–C–N with tert-alkyl or cyclic N) is 1. The number of amides is 2. The Labute approximate surface area is 184 Å². The maximum absolute atomic E-state index is 12.8. The zero-order valence-corrected chi connectivity index (χ0v) is 18.5. The third kappa shape index (κ3) is 5.21. The van der Waals surface area contributed by atoms with Gasteiger partial charge in [-0.25, -0.2) is 4.79 Å². The second kappa shape index (κ2) is 9.57. The number of aliphatic hydroxyl groups is 1. The van der Waals surface area contributed by atoms with E-state index in [1.165, 1.54) is 17.7 Å². The first kappa shape index (κ1) is 22.1. The zero-order valence-electron chi connectivity index (χ0n) is 18.5. The van der Waals surface area contributed by atoms with Gasteiger partial charge in [0.2, 0.25) is 5.91 Å². The number of hydrogen-bond acceptors (Lipinski definition) is 5. The van der Waals surface area contributed by atoms with Gasteiger partial charge in [0.1, 0.15) is 12.6 Å². The van der Waals surface area contributed by atoms with E-state index in [0.29, 0.717) is 13.1 Å². The number of piperidine rings is 1. The number of ether oxygens (including phenoxy) is 1. The number of benzene rings is 1. The van der Waals surface area contributed by atoms with Crippen LogP contribution in [0.5, 0.6) is 0 Å². The molecule has 1 N–H and O–H groups in total. The highest BCUT2D eigenvalue weighted by Gasteiger charge is 2.51. The van der Waals surface area contributed by atoms with Gasteiger partial charge in [0, 0.05) is 26.2 Å². The van der Waals surface area contributed by atoms with Crippen LogP contribution >= 0.6 is 0 Å². The average molecular weight is 430 g/mol. The third-order valence-electron chi connectivity index (χ3n) is 7.30. The van der Waals surface area contributed by atoms with Crippen molar-refractivity contribution in [3.63, 3.8) is 0 Å². The Kier molecular flexibility index (Phi) is 6.82. The lowest BCUT2D eigenvalue weighted by atomic mass is 9.90. The van der Waals surface area contributed by atoms with Gasteiger partial charge in [-0.15, -0.1) is 0 Å². The molecule has 3 aliphatic rings. The van der Waals surface area contributed by atoms with Crippen molar-refractivity contribution in [1.82, 2.24) is 14.7 Å². The molecular formula is C24H35N3O4. The minimum Gasteiger partial charge on any atom is -0.445 e. The second-order valence-electron chi connectivity index (χ2n) is 9.37. The fourth-order valence-electron chi connectivity index (χ4n) is 4.87. The molecule has 2 heterocycles. The lowest BCUT2D eigenvalue weighted by Gasteiger charge is -2.39. The van der Waals surface area contributed by atoms with E-state index in [1.54, 1.807) is 6.92 Å². The number of unbranched alkanes of at least 4 members (excludes halogenated alkanes) is 1. The van der Waals surface area contributed by atoms with Gasteiger partial charge >= 0.3 is 6.09 Å². The summed E-state index contributed by atoms with van der Waals surface area (Å²) in [4.78, 5) is 31.0. The second-order valence-corrected chi connectivity index (χ2v) is 9.37. The zero-order chi connectivity index (χ0) is 21.8. The van der Waals surface area contributed by atoms with E-state index in [2.05, 4.69) is 4.90 Å². The molecular weight excluding hydrogens is 394 g/mol. The first-order chi connectivity index (χ1) is 15.0. The van der Waals surface area contributed by atoms with Crippen molar-refractivity contribution in [2.45, 2.75) is 57.8 Å². The Morgan fingerprint density at radius 1 is 1.10 bits per heavy atom. The first-order valence-corrected chi connectivity index (χ1v) is 11.6. The number of aliphatic hydroxyl groups excluding tert-OH is 1. The lowest BCUT2D eigenvalue weighted by Crippen LogP contribution is -2.57. The summed E-state index contributed by atoms with van der Waals surface area (Å²) < 4.78 is 5.41. The van der Waals surface area contributed by atoms with Gasteiger partial charge in [-0.3, -0.25) is 9.69 Å². The Balaban J connectivity index is 1.15. The largest absolute Gasteiger partial charge is 0.445 e. The fraction of sp³-hybridized carbons (Fsp3) is 0.667. The van der Waals surface area contributed by atoms with E-state index in [1.807, 2.05) is 35.2 Å². The molecule has 1 saturated carbocycles. The number of carbonyl (C=O) groups is 2. The molecule has 1 aromatic carbocycles. The van der Waals surface area contributed by atoms with E-state index in [-0.39, 0.29) is 24.0 Å². The van der Waals surface area contributed by atoms with Crippen LogP contribution in [-0.4, -0.2) is 83.2 Å². The van der Waals surface area contributed by atoms with Crippen molar-refractivity contribution >= 4 is 12.0 Å². The Morgan fingerprint density at radius 2 is 1.84 bits per heavy atom. The summed E-state index contributed by atoms with van der Waals surface area (Å²) in [6, 6.07) is 9.06. The summed E-state index contributed by atoms with van der Waals surface area (Å²) in [6.45, 7) is 6.61. The molecule has 2 amide bonds. The summed E-state index contributed by atoms with van der Waals surface area (Å²) >= 11 is 0. The molecule has 7 nitrogen and oxygen atoms in total. The molecule has 170 valence electrons. The molecule has 7 heteroatoms. The van der Waals surface area contributed by atoms with Crippen LogP contribution in [0.1, 0.15) is 44.6 Å². The van der Waals surface area contributed by atoms with Crippen molar-refractivity contribution in [2.75, 3.05) is 39.3 Å². The fourth-order valence-corrected chi connectivity index (χ4v) is 4.87. The molecule has 3 fully saturated rings. The number of likely N-dealkylation sites (tertiary alicyclic amines) is 1. The molecule has 31 heavy (non-hydrogen) atoms. The van der Waals surface area contributed by atoms with Crippen LogP contribution in [0, 0.1) is 5.41 Å². The summed E-state index contributed by atoms with van der Waals surface area (Å²) in [5, 5.41) is 10.3. The summed E-state index contributed by atoms with van der Waals surface area (Å²) in [7, 11) is 0. The third-order valence-corrected chi connectivity index (χ3v) is 7.30. The van der Waals surface area contributed by atoms with E-state index in [9.17, 15) is 14.7 Å². The smallest absolute Gasteiger partial charge is 0.410 e. The standard InChI is InChI=1S/C24H35N3O4/c1-19-22(29)26(13-6-5-12-25-14-11-24(9-10-24)21(28)17-25)15-16-27(19)23(30)31-18-20-7-3-2-4-8-20/h2-4,7-8,19,21,28H,5-6,9-18H2,1H3. The van der Waals surface area contributed by atoms with Crippen molar-refractivity contribution in [3.05, 3.63) is 35.9 Å². The van der Waals surface area contributed by atoms with Crippen molar-refractivity contribution in [3.8, 4) is 0 Å². The monoisotopic (exact) mass is 429 g/mol. The van der Waals surface area contributed by atoms with Crippen LogP contribution in [0.2, 0.25) is 0 Å². The summed E-state index contributed by atoms with van der Waals surface area (Å²) in [5.74, 6) is -0.00742. The summed E-state index contributed by atoms with van der Waals surface area (Å²) in [6.07, 6.45) is 4.85. The van der Waals surface area contributed by atoms with Crippen LogP contribution in [0.15, 0.2) is 30.3 Å². The van der Waals surface area contributed by atoms with Crippen LogP contribution in [-0.2, 0) is 16.1 Å². The van der Waals surface area contributed by atoms with Crippen LogP contribution in [0.4, 0.5) is 4.79 Å².